The number of hydrogen-bond acceptors (Lipinski definition) is 3. The summed E-state index contributed by atoms with van der Waals surface area (Å²) in [4.78, 5) is 4.01. The Hall–Kier alpha value is -2.03. The van der Waals surface area contributed by atoms with Crippen molar-refractivity contribution in [3.05, 3.63) is 54.4 Å². The summed E-state index contributed by atoms with van der Waals surface area (Å²) in [6, 6.07) is 12.2. The summed E-state index contributed by atoms with van der Waals surface area (Å²) in [6.07, 6.45) is 8.57. The molecular weight excluding hydrogens is 260 g/mol. The van der Waals surface area contributed by atoms with Crippen molar-refractivity contribution in [2.75, 3.05) is 11.9 Å². The molecule has 1 heterocycles. The summed E-state index contributed by atoms with van der Waals surface area (Å²) in [5.41, 5.74) is 2.33. The predicted octanol–water partition coefficient (Wildman–Crippen LogP) is 4.65. The van der Waals surface area contributed by atoms with Crippen molar-refractivity contribution in [2.24, 2.45) is 0 Å². The Labute approximate surface area is 127 Å². The number of benzene rings is 1. The standard InChI is InChI=1S/C18H24N2O/c1-2-3-4-5-14-21-18-8-6-17(7-9-18)20-15-16-10-12-19-13-11-16/h6-13,20H,2-5,14-15H2,1H3. The van der Waals surface area contributed by atoms with E-state index in [1.807, 2.05) is 36.7 Å². The summed E-state index contributed by atoms with van der Waals surface area (Å²) >= 11 is 0. The van der Waals surface area contributed by atoms with Gasteiger partial charge in [0.05, 0.1) is 6.61 Å². The molecule has 0 radical (unpaired) electrons. The number of anilines is 1. The molecular formula is C18H24N2O. The number of nitrogens with one attached hydrogen (secondary N) is 1. The van der Waals surface area contributed by atoms with Gasteiger partial charge in [0, 0.05) is 24.6 Å². The van der Waals surface area contributed by atoms with Crippen molar-refractivity contribution in [3.8, 4) is 5.75 Å². The third-order valence-corrected chi connectivity index (χ3v) is 3.37. The molecule has 0 atom stereocenters. The third-order valence-electron chi connectivity index (χ3n) is 3.37. The Kier molecular flexibility index (Phi) is 6.59. The second-order valence-electron chi connectivity index (χ2n) is 5.14. The van der Waals surface area contributed by atoms with Crippen LogP contribution in [0.1, 0.15) is 38.2 Å². The molecule has 0 amide bonds. The van der Waals surface area contributed by atoms with Crippen molar-refractivity contribution >= 4 is 5.69 Å². The molecule has 0 saturated carbocycles. The predicted molar refractivity (Wildman–Crippen MR) is 87.6 cm³/mol. The molecule has 0 aliphatic carbocycles. The van der Waals surface area contributed by atoms with Crippen LogP contribution >= 0.6 is 0 Å². The van der Waals surface area contributed by atoms with Crippen LogP contribution in [0.25, 0.3) is 0 Å². The lowest BCUT2D eigenvalue weighted by molar-refractivity contribution is 0.305. The Morgan fingerprint density at radius 3 is 2.43 bits per heavy atom. The van der Waals surface area contributed by atoms with Crippen LogP contribution in [0.15, 0.2) is 48.8 Å². The van der Waals surface area contributed by atoms with Gasteiger partial charge in [0.1, 0.15) is 5.75 Å². The SMILES string of the molecule is CCCCCCOc1ccc(NCc2ccncc2)cc1. The fourth-order valence-electron chi connectivity index (χ4n) is 2.09. The quantitative estimate of drug-likeness (QED) is 0.680. The molecule has 0 fully saturated rings. The highest BCUT2D eigenvalue weighted by atomic mass is 16.5. The van der Waals surface area contributed by atoms with E-state index in [1.54, 1.807) is 0 Å². The normalized spacial score (nSPS) is 10.3. The number of rotatable bonds is 9. The lowest BCUT2D eigenvalue weighted by atomic mass is 10.2. The fraction of sp³-hybridized carbons (Fsp3) is 0.389. The first-order valence-corrected chi connectivity index (χ1v) is 7.74. The van der Waals surface area contributed by atoms with Crippen LogP contribution in [0, 0.1) is 0 Å². The molecule has 0 aliphatic rings. The van der Waals surface area contributed by atoms with Gasteiger partial charge in [-0.1, -0.05) is 26.2 Å². The summed E-state index contributed by atoms with van der Waals surface area (Å²) in [5, 5.41) is 3.39. The highest BCUT2D eigenvalue weighted by molar-refractivity contribution is 5.46. The molecule has 2 rings (SSSR count). The Morgan fingerprint density at radius 2 is 1.71 bits per heavy atom. The molecule has 3 nitrogen and oxygen atoms in total. The maximum atomic E-state index is 5.73. The van der Waals surface area contributed by atoms with E-state index in [0.717, 1.165) is 31.0 Å². The van der Waals surface area contributed by atoms with Crippen molar-refractivity contribution in [2.45, 2.75) is 39.2 Å². The van der Waals surface area contributed by atoms with Crippen molar-refractivity contribution in [1.82, 2.24) is 4.98 Å². The van der Waals surface area contributed by atoms with Crippen LogP contribution < -0.4 is 10.1 Å². The molecule has 21 heavy (non-hydrogen) atoms. The first kappa shape index (κ1) is 15.4. The molecule has 1 N–H and O–H groups in total. The van der Waals surface area contributed by atoms with E-state index >= 15 is 0 Å². The number of hydrogen-bond donors (Lipinski definition) is 1. The van der Waals surface area contributed by atoms with E-state index < -0.39 is 0 Å². The number of aromatic nitrogens is 1. The van der Waals surface area contributed by atoms with Gasteiger partial charge >= 0.3 is 0 Å². The van der Waals surface area contributed by atoms with Gasteiger partial charge in [0.2, 0.25) is 0 Å². The van der Waals surface area contributed by atoms with Crippen LogP contribution in [0.2, 0.25) is 0 Å². The van der Waals surface area contributed by atoms with Gasteiger partial charge < -0.3 is 10.1 Å². The van der Waals surface area contributed by atoms with Crippen LogP contribution in [0.4, 0.5) is 5.69 Å². The first-order chi connectivity index (χ1) is 10.4. The minimum absolute atomic E-state index is 0.805. The maximum absolute atomic E-state index is 5.73. The lowest BCUT2D eigenvalue weighted by Gasteiger charge is -2.09. The molecule has 1 aromatic carbocycles. The average Bonchev–Trinajstić information content (AvgIpc) is 2.55. The second kappa shape index (κ2) is 9.01. The Balaban J connectivity index is 1.71. The van der Waals surface area contributed by atoms with Crippen molar-refractivity contribution in [3.63, 3.8) is 0 Å². The molecule has 1 aromatic heterocycles. The van der Waals surface area contributed by atoms with Gasteiger partial charge in [-0.2, -0.15) is 0 Å². The van der Waals surface area contributed by atoms with Crippen LogP contribution in [0.3, 0.4) is 0 Å². The third kappa shape index (κ3) is 5.86. The van der Waals surface area contributed by atoms with Crippen LogP contribution in [0.5, 0.6) is 5.75 Å². The lowest BCUT2D eigenvalue weighted by Crippen LogP contribution is -2.00. The highest BCUT2D eigenvalue weighted by Crippen LogP contribution is 2.17. The summed E-state index contributed by atoms with van der Waals surface area (Å²) in [5.74, 6) is 0.945. The Morgan fingerprint density at radius 1 is 0.952 bits per heavy atom. The molecule has 0 unspecified atom stereocenters. The van der Waals surface area contributed by atoms with Gasteiger partial charge in [-0.25, -0.2) is 0 Å². The summed E-state index contributed by atoms with van der Waals surface area (Å²) < 4.78 is 5.73. The fourth-order valence-corrected chi connectivity index (χ4v) is 2.09. The first-order valence-electron chi connectivity index (χ1n) is 7.74. The second-order valence-corrected chi connectivity index (χ2v) is 5.14. The van der Waals surface area contributed by atoms with Crippen molar-refractivity contribution in [1.29, 1.82) is 0 Å². The average molecular weight is 284 g/mol. The van der Waals surface area contributed by atoms with E-state index in [4.69, 9.17) is 4.74 Å². The van der Waals surface area contributed by atoms with Gasteiger partial charge in [0.15, 0.2) is 0 Å². The zero-order valence-corrected chi connectivity index (χ0v) is 12.7. The van der Waals surface area contributed by atoms with Gasteiger partial charge in [-0.15, -0.1) is 0 Å². The minimum Gasteiger partial charge on any atom is -0.494 e. The van der Waals surface area contributed by atoms with E-state index in [9.17, 15) is 0 Å². The number of nitrogens with zero attached hydrogens (tertiary/aromatic N) is 1. The van der Waals surface area contributed by atoms with E-state index in [1.165, 1.54) is 24.8 Å². The van der Waals surface area contributed by atoms with Gasteiger partial charge in [-0.05, 0) is 48.4 Å². The van der Waals surface area contributed by atoms with E-state index in [0.29, 0.717) is 0 Å². The number of pyridine rings is 1. The zero-order chi connectivity index (χ0) is 14.8. The molecule has 0 bridgehead atoms. The maximum Gasteiger partial charge on any atom is 0.119 e. The molecule has 2 aromatic rings. The van der Waals surface area contributed by atoms with Crippen molar-refractivity contribution < 1.29 is 4.74 Å². The molecule has 0 spiro atoms. The summed E-state index contributed by atoms with van der Waals surface area (Å²) in [6.45, 7) is 3.84. The minimum atomic E-state index is 0.805. The monoisotopic (exact) mass is 284 g/mol. The zero-order valence-electron chi connectivity index (χ0n) is 12.7. The topological polar surface area (TPSA) is 34.1 Å². The Bertz CT molecular complexity index is 496. The number of unbranched alkanes of at least 4 members (excludes halogenated alkanes) is 3. The van der Waals surface area contributed by atoms with Gasteiger partial charge in [0.25, 0.3) is 0 Å². The number of ether oxygens (including phenoxy) is 1. The van der Waals surface area contributed by atoms with E-state index in [-0.39, 0.29) is 0 Å². The van der Waals surface area contributed by atoms with Crippen LogP contribution in [-0.2, 0) is 6.54 Å². The molecule has 3 heteroatoms. The highest BCUT2D eigenvalue weighted by Gasteiger charge is 1.96. The molecule has 0 saturated heterocycles. The largest absolute Gasteiger partial charge is 0.494 e. The molecule has 112 valence electrons. The smallest absolute Gasteiger partial charge is 0.119 e. The van der Waals surface area contributed by atoms with Gasteiger partial charge in [-0.3, -0.25) is 4.98 Å². The van der Waals surface area contributed by atoms with Crippen LogP contribution in [-0.4, -0.2) is 11.6 Å². The molecule has 0 aliphatic heterocycles. The summed E-state index contributed by atoms with van der Waals surface area (Å²) in [7, 11) is 0. The van der Waals surface area contributed by atoms with E-state index in [2.05, 4.69) is 29.4 Å².